The third kappa shape index (κ3) is 12.7. The molecule has 0 unspecified atom stereocenters. The van der Waals surface area contributed by atoms with Gasteiger partial charge in [0, 0.05) is 6.54 Å². The molecule has 5 heteroatoms. The molecule has 0 aliphatic rings. The van der Waals surface area contributed by atoms with Crippen LogP contribution < -0.4 is 11.1 Å². The molecule has 4 nitrogen and oxygen atoms in total. The zero-order valence-corrected chi connectivity index (χ0v) is 7.19. The van der Waals surface area contributed by atoms with Crippen molar-refractivity contribution in [3.8, 4) is 0 Å². The zero-order valence-electron chi connectivity index (χ0n) is 6.38. The summed E-state index contributed by atoms with van der Waals surface area (Å²) in [6, 6.07) is 0. The van der Waals surface area contributed by atoms with Crippen LogP contribution in [0, 0.1) is 0 Å². The highest BCUT2D eigenvalue weighted by molar-refractivity contribution is 5.85. The van der Waals surface area contributed by atoms with Crippen molar-refractivity contribution >= 4 is 18.5 Å². The first-order chi connectivity index (χ1) is 4.77. The van der Waals surface area contributed by atoms with Crippen LogP contribution in [0.15, 0.2) is 0 Å². The molecule has 0 atom stereocenters. The van der Waals surface area contributed by atoms with Crippen molar-refractivity contribution in [2.24, 2.45) is 5.73 Å². The first kappa shape index (κ1) is 13.1. The van der Waals surface area contributed by atoms with E-state index in [0.29, 0.717) is 13.1 Å². The predicted octanol–water partition coefficient (Wildman–Crippen LogP) is 0.805. The lowest BCUT2D eigenvalue weighted by molar-refractivity contribution is 0.194. The summed E-state index contributed by atoms with van der Waals surface area (Å²) < 4.78 is 0. The summed E-state index contributed by atoms with van der Waals surface area (Å²) in [5, 5.41) is 10.4. The summed E-state index contributed by atoms with van der Waals surface area (Å²) in [7, 11) is 0. The third-order valence-electron chi connectivity index (χ3n) is 1.16. The lowest BCUT2D eigenvalue weighted by Gasteiger charge is -1.98. The van der Waals surface area contributed by atoms with Crippen molar-refractivity contribution in [3.05, 3.63) is 0 Å². The monoisotopic (exact) mass is 182 g/mol. The summed E-state index contributed by atoms with van der Waals surface area (Å²) >= 11 is 0. The van der Waals surface area contributed by atoms with Crippen molar-refractivity contribution in [1.29, 1.82) is 0 Å². The Balaban J connectivity index is 0. The lowest BCUT2D eigenvalue weighted by Crippen LogP contribution is -2.21. The molecule has 0 radical (unpaired) electrons. The number of unbranched alkanes of at least 4 members (excludes halogenated alkanes) is 2. The van der Waals surface area contributed by atoms with Gasteiger partial charge < -0.3 is 16.2 Å². The topological polar surface area (TPSA) is 75.3 Å². The van der Waals surface area contributed by atoms with Crippen LogP contribution in [0.25, 0.3) is 0 Å². The second-order valence-corrected chi connectivity index (χ2v) is 2.08. The highest BCUT2D eigenvalue weighted by Crippen LogP contribution is 1.90. The van der Waals surface area contributed by atoms with Crippen molar-refractivity contribution < 1.29 is 9.90 Å². The van der Waals surface area contributed by atoms with E-state index in [4.69, 9.17) is 10.8 Å². The van der Waals surface area contributed by atoms with Gasteiger partial charge in [-0.3, -0.25) is 0 Å². The van der Waals surface area contributed by atoms with E-state index in [-0.39, 0.29) is 12.4 Å². The molecular weight excluding hydrogens is 168 g/mol. The molecule has 0 bridgehead atoms. The third-order valence-corrected chi connectivity index (χ3v) is 1.16. The Hall–Kier alpha value is -0.480. The van der Waals surface area contributed by atoms with E-state index >= 15 is 0 Å². The van der Waals surface area contributed by atoms with Gasteiger partial charge in [-0.25, -0.2) is 4.79 Å². The highest BCUT2D eigenvalue weighted by Gasteiger charge is 1.91. The Morgan fingerprint density at radius 1 is 1.36 bits per heavy atom. The molecule has 4 N–H and O–H groups in total. The average Bonchev–Trinajstić information content (AvgIpc) is 1.87. The molecule has 1 amide bonds. The number of carbonyl (C=O) groups is 1. The molecule has 0 aliphatic carbocycles. The largest absolute Gasteiger partial charge is 0.465 e. The molecule has 68 valence electrons. The van der Waals surface area contributed by atoms with Crippen LogP contribution in [0.4, 0.5) is 4.79 Å². The van der Waals surface area contributed by atoms with Crippen LogP contribution in [0.1, 0.15) is 19.3 Å². The molecule has 0 rings (SSSR count). The Morgan fingerprint density at radius 3 is 2.45 bits per heavy atom. The summed E-state index contributed by atoms with van der Waals surface area (Å²) in [6.45, 7) is 1.22. The quantitative estimate of drug-likeness (QED) is 0.551. The van der Waals surface area contributed by atoms with Crippen molar-refractivity contribution in [2.75, 3.05) is 13.1 Å². The van der Waals surface area contributed by atoms with Crippen LogP contribution >= 0.6 is 12.4 Å². The van der Waals surface area contributed by atoms with Gasteiger partial charge in [-0.05, 0) is 19.4 Å². The fourth-order valence-electron chi connectivity index (χ4n) is 0.641. The van der Waals surface area contributed by atoms with E-state index in [0.717, 1.165) is 19.3 Å². The predicted molar refractivity (Wildman–Crippen MR) is 46.2 cm³/mol. The van der Waals surface area contributed by atoms with Gasteiger partial charge in [-0.1, -0.05) is 6.42 Å². The number of nitrogens with one attached hydrogen (secondary N) is 1. The van der Waals surface area contributed by atoms with E-state index in [1.165, 1.54) is 0 Å². The van der Waals surface area contributed by atoms with Crippen molar-refractivity contribution in [2.45, 2.75) is 19.3 Å². The van der Waals surface area contributed by atoms with Crippen LogP contribution in [0.3, 0.4) is 0 Å². The Kier molecular flexibility index (Phi) is 11.4. The molecule has 0 saturated heterocycles. The molecule has 0 heterocycles. The standard InChI is InChI=1S/C6H14N2O2.ClH/c7-4-2-1-3-5-8-6(9)10;/h8H,1-5,7H2,(H,9,10);1H. The minimum absolute atomic E-state index is 0. The number of nitrogens with two attached hydrogens (primary N) is 1. The van der Waals surface area contributed by atoms with Gasteiger partial charge in [0.05, 0.1) is 0 Å². The maximum Gasteiger partial charge on any atom is 0.404 e. The molecular formula is C6H15ClN2O2. The Morgan fingerprint density at radius 2 is 2.00 bits per heavy atom. The SMILES string of the molecule is Cl.NCCCCCNC(=O)O. The average molecular weight is 183 g/mol. The Bertz CT molecular complexity index is 101. The number of halogens is 1. The van der Waals surface area contributed by atoms with Crippen LogP contribution in [-0.4, -0.2) is 24.3 Å². The Labute approximate surface area is 72.6 Å². The molecule has 0 aromatic rings. The van der Waals surface area contributed by atoms with Gasteiger partial charge in [0.1, 0.15) is 0 Å². The number of amides is 1. The summed E-state index contributed by atoms with van der Waals surface area (Å²) in [6.07, 6.45) is 1.90. The van der Waals surface area contributed by atoms with E-state index in [2.05, 4.69) is 5.32 Å². The molecule has 0 fully saturated rings. The van der Waals surface area contributed by atoms with E-state index in [1.807, 2.05) is 0 Å². The number of hydrogen-bond acceptors (Lipinski definition) is 2. The minimum Gasteiger partial charge on any atom is -0.465 e. The minimum atomic E-state index is -0.951. The number of hydrogen-bond donors (Lipinski definition) is 3. The summed E-state index contributed by atoms with van der Waals surface area (Å²) in [4.78, 5) is 9.90. The van der Waals surface area contributed by atoms with E-state index in [9.17, 15) is 4.79 Å². The molecule has 0 aliphatic heterocycles. The summed E-state index contributed by atoms with van der Waals surface area (Å²) in [5.74, 6) is 0. The number of carboxylic acid groups (broad SMARTS) is 1. The fourth-order valence-corrected chi connectivity index (χ4v) is 0.641. The van der Waals surface area contributed by atoms with Crippen molar-refractivity contribution in [1.82, 2.24) is 5.32 Å². The molecule has 0 saturated carbocycles. The van der Waals surface area contributed by atoms with Gasteiger partial charge in [-0.15, -0.1) is 12.4 Å². The maximum absolute atomic E-state index is 9.90. The van der Waals surface area contributed by atoms with E-state index < -0.39 is 6.09 Å². The molecule has 11 heavy (non-hydrogen) atoms. The molecule has 0 aromatic carbocycles. The molecule has 0 spiro atoms. The van der Waals surface area contributed by atoms with Gasteiger partial charge in [0.15, 0.2) is 0 Å². The first-order valence-corrected chi connectivity index (χ1v) is 3.44. The zero-order chi connectivity index (χ0) is 7.82. The summed E-state index contributed by atoms with van der Waals surface area (Å²) in [5.41, 5.74) is 5.23. The molecule has 0 aromatic heterocycles. The van der Waals surface area contributed by atoms with Crippen LogP contribution in [0.5, 0.6) is 0 Å². The van der Waals surface area contributed by atoms with Crippen LogP contribution in [0.2, 0.25) is 0 Å². The smallest absolute Gasteiger partial charge is 0.404 e. The normalized spacial score (nSPS) is 8.45. The second kappa shape index (κ2) is 9.52. The second-order valence-electron chi connectivity index (χ2n) is 2.08. The van der Waals surface area contributed by atoms with Crippen LogP contribution in [-0.2, 0) is 0 Å². The van der Waals surface area contributed by atoms with Crippen molar-refractivity contribution in [3.63, 3.8) is 0 Å². The number of rotatable bonds is 5. The highest BCUT2D eigenvalue weighted by atomic mass is 35.5. The van der Waals surface area contributed by atoms with Gasteiger partial charge in [0.2, 0.25) is 0 Å². The van der Waals surface area contributed by atoms with E-state index in [1.54, 1.807) is 0 Å². The van der Waals surface area contributed by atoms with Gasteiger partial charge in [0.25, 0.3) is 0 Å². The fraction of sp³-hybridized carbons (Fsp3) is 0.833. The first-order valence-electron chi connectivity index (χ1n) is 3.44. The lowest BCUT2D eigenvalue weighted by atomic mass is 10.2. The van der Waals surface area contributed by atoms with Gasteiger partial charge >= 0.3 is 6.09 Å². The van der Waals surface area contributed by atoms with Gasteiger partial charge in [-0.2, -0.15) is 0 Å². The maximum atomic E-state index is 9.90.